The first-order chi connectivity index (χ1) is 18.8. The van der Waals surface area contributed by atoms with Crippen molar-refractivity contribution in [2.24, 2.45) is 10.8 Å². The van der Waals surface area contributed by atoms with Crippen molar-refractivity contribution in [1.29, 1.82) is 0 Å². The number of furan rings is 1. The van der Waals surface area contributed by atoms with E-state index in [9.17, 15) is 0 Å². The van der Waals surface area contributed by atoms with E-state index in [0.717, 1.165) is 40.7 Å². The van der Waals surface area contributed by atoms with Gasteiger partial charge in [-0.3, -0.25) is 4.98 Å². The molecule has 2 heteroatoms. The fourth-order valence-electron chi connectivity index (χ4n) is 7.45. The minimum absolute atomic E-state index is 0.0680. The lowest BCUT2D eigenvalue weighted by Gasteiger charge is -2.42. The summed E-state index contributed by atoms with van der Waals surface area (Å²) in [6, 6.07) is 22.6. The van der Waals surface area contributed by atoms with Gasteiger partial charge in [0.25, 0.3) is 0 Å². The molecule has 0 saturated heterocycles. The Balaban J connectivity index is 1.69. The van der Waals surface area contributed by atoms with Crippen molar-refractivity contribution >= 4 is 21.9 Å². The molecule has 0 fully saturated rings. The second-order valence-corrected chi connectivity index (χ2v) is 14.8. The zero-order valence-corrected chi connectivity index (χ0v) is 25.7. The van der Waals surface area contributed by atoms with Gasteiger partial charge >= 0.3 is 0 Å². The van der Waals surface area contributed by atoms with Crippen molar-refractivity contribution < 1.29 is 4.42 Å². The van der Waals surface area contributed by atoms with Crippen LogP contribution >= 0.6 is 0 Å². The van der Waals surface area contributed by atoms with Crippen LogP contribution in [0.15, 0.2) is 71.3 Å². The van der Waals surface area contributed by atoms with Crippen LogP contribution in [0.3, 0.4) is 0 Å². The summed E-state index contributed by atoms with van der Waals surface area (Å²) in [5.74, 6) is 0.440. The first-order valence-corrected chi connectivity index (χ1v) is 14.8. The van der Waals surface area contributed by atoms with Crippen molar-refractivity contribution in [1.82, 2.24) is 4.98 Å². The number of hydrogen-bond acceptors (Lipinski definition) is 2. The average molecular weight is 530 g/mol. The van der Waals surface area contributed by atoms with Gasteiger partial charge in [-0.25, -0.2) is 0 Å². The van der Waals surface area contributed by atoms with E-state index in [1.807, 2.05) is 6.20 Å². The molecule has 0 bridgehead atoms. The fourth-order valence-corrected chi connectivity index (χ4v) is 7.45. The number of aryl methyl sites for hydroxylation is 1. The molecule has 1 aliphatic carbocycles. The van der Waals surface area contributed by atoms with Gasteiger partial charge in [0.05, 0.1) is 5.69 Å². The van der Waals surface area contributed by atoms with Gasteiger partial charge in [-0.2, -0.15) is 0 Å². The zero-order valence-electron chi connectivity index (χ0n) is 25.7. The molecule has 2 heterocycles. The molecule has 0 spiro atoms. The lowest BCUT2D eigenvalue weighted by Crippen LogP contribution is -2.35. The SMILES string of the molecule is Cc1ccc2c(oc3c4c(ccc32)C(CC(C)(C)C)(CC(C)(C)C)c2ccccc2-4)c1-c1cc(C(C)C)ccn1. The number of hydrogen-bond donors (Lipinski definition) is 0. The van der Waals surface area contributed by atoms with Crippen molar-refractivity contribution in [2.45, 2.75) is 86.5 Å². The number of aromatic nitrogens is 1. The Morgan fingerprint density at radius 3 is 2.02 bits per heavy atom. The number of fused-ring (bicyclic) bond motifs is 7. The van der Waals surface area contributed by atoms with Crippen LogP contribution in [0.25, 0.3) is 44.3 Å². The summed E-state index contributed by atoms with van der Waals surface area (Å²) in [6.45, 7) is 20.9. The number of nitrogens with zero attached hydrogens (tertiary/aromatic N) is 1. The molecule has 1 aliphatic rings. The standard InChI is InChI=1S/C38H43NO/c1-23(2)25-18-19-39-31(20-25)32-24(3)14-15-26-27-16-17-30-33(35(27)40-34(26)32)28-12-10-11-13-29(28)38(30,21-36(4,5)6)22-37(7,8)9/h10-20,23H,21-22H2,1-9H3. The van der Waals surface area contributed by atoms with Crippen LogP contribution in [0.5, 0.6) is 0 Å². The maximum absolute atomic E-state index is 7.03. The van der Waals surface area contributed by atoms with E-state index in [1.54, 1.807) is 0 Å². The van der Waals surface area contributed by atoms with Crippen LogP contribution in [0.2, 0.25) is 0 Å². The smallest absolute Gasteiger partial charge is 0.145 e. The Morgan fingerprint density at radius 1 is 0.750 bits per heavy atom. The van der Waals surface area contributed by atoms with E-state index < -0.39 is 0 Å². The summed E-state index contributed by atoms with van der Waals surface area (Å²) in [5, 5.41) is 2.35. The third-order valence-corrected chi connectivity index (χ3v) is 8.62. The van der Waals surface area contributed by atoms with E-state index in [1.165, 1.54) is 38.8 Å². The highest BCUT2D eigenvalue weighted by molar-refractivity contribution is 6.14. The lowest BCUT2D eigenvalue weighted by molar-refractivity contribution is 0.214. The zero-order chi connectivity index (χ0) is 28.6. The molecule has 40 heavy (non-hydrogen) atoms. The van der Waals surface area contributed by atoms with Crippen molar-refractivity contribution in [3.05, 3.63) is 89.1 Å². The molecular weight excluding hydrogens is 486 g/mol. The maximum Gasteiger partial charge on any atom is 0.145 e. The van der Waals surface area contributed by atoms with Gasteiger partial charge in [-0.1, -0.05) is 104 Å². The summed E-state index contributed by atoms with van der Waals surface area (Å²) in [4.78, 5) is 4.83. The Morgan fingerprint density at radius 2 is 1.38 bits per heavy atom. The largest absolute Gasteiger partial charge is 0.455 e. The Bertz CT molecular complexity index is 1740. The molecule has 0 atom stereocenters. The Labute approximate surface area is 239 Å². The predicted molar refractivity (Wildman–Crippen MR) is 170 cm³/mol. The number of pyridine rings is 1. The van der Waals surface area contributed by atoms with Gasteiger partial charge in [-0.15, -0.1) is 0 Å². The molecule has 6 rings (SSSR count). The van der Waals surface area contributed by atoms with Crippen LogP contribution < -0.4 is 0 Å². The van der Waals surface area contributed by atoms with E-state index in [2.05, 4.69) is 123 Å². The second-order valence-electron chi connectivity index (χ2n) is 14.8. The Hall–Kier alpha value is -3.39. The molecule has 0 unspecified atom stereocenters. The van der Waals surface area contributed by atoms with Crippen molar-refractivity contribution in [3.8, 4) is 22.4 Å². The first-order valence-electron chi connectivity index (χ1n) is 14.8. The number of rotatable bonds is 4. The molecule has 5 aromatic rings. The van der Waals surface area contributed by atoms with Crippen LogP contribution in [-0.4, -0.2) is 4.98 Å². The highest BCUT2D eigenvalue weighted by Gasteiger charge is 2.48. The van der Waals surface area contributed by atoms with E-state index in [4.69, 9.17) is 9.40 Å². The third kappa shape index (κ3) is 4.28. The van der Waals surface area contributed by atoms with Crippen LogP contribution in [0.1, 0.15) is 96.4 Å². The summed E-state index contributed by atoms with van der Waals surface area (Å²) in [5.41, 5.74) is 12.3. The molecule has 206 valence electrons. The normalized spacial score (nSPS) is 14.8. The molecular formula is C38H43NO. The maximum atomic E-state index is 7.03. The highest BCUT2D eigenvalue weighted by Crippen LogP contribution is 2.60. The summed E-state index contributed by atoms with van der Waals surface area (Å²) >= 11 is 0. The molecule has 0 saturated carbocycles. The molecule has 2 nitrogen and oxygen atoms in total. The van der Waals surface area contributed by atoms with E-state index >= 15 is 0 Å². The molecule has 0 N–H and O–H groups in total. The lowest BCUT2D eigenvalue weighted by atomic mass is 9.62. The fraction of sp³-hybridized carbons (Fsp3) is 0.395. The predicted octanol–water partition coefficient (Wildman–Crippen LogP) is 11.2. The molecule has 0 radical (unpaired) electrons. The minimum Gasteiger partial charge on any atom is -0.455 e. The van der Waals surface area contributed by atoms with Gasteiger partial charge < -0.3 is 4.42 Å². The topological polar surface area (TPSA) is 26.0 Å². The molecule has 3 aromatic carbocycles. The van der Waals surface area contributed by atoms with Gasteiger partial charge in [0, 0.05) is 33.5 Å². The molecule has 0 aliphatic heterocycles. The van der Waals surface area contributed by atoms with Crippen molar-refractivity contribution in [2.75, 3.05) is 0 Å². The quantitative estimate of drug-likeness (QED) is 0.231. The second kappa shape index (κ2) is 9.06. The van der Waals surface area contributed by atoms with Crippen molar-refractivity contribution in [3.63, 3.8) is 0 Å². The van der Waals surface area contributed by atoms with E-state index in [0.29, 0.717) is 5.92 Å². The summed E-state index contributed by atoms with van der Waals surface area (Å²) < 4.78 is 7.03. The van der Waals surface area contributed by atoms with Crippen LogP contribution in [-0.2, 0) is 5.41 Å². The Kier molecular flexibility index (Phi) is 6.07. The minimum atomic E-state index is -0.0680. The number of benzene rings is 3. The van der Waals surface area contributed by atoms with E-state index in [-0.39, 0.29) is 16.2 Å². The average Bonchev–Trinajstić information content (AvgIpc) is 3.35. The molecule has 0 amide bonds. The summed E-state index contributed by atoms with van der Waals surface area (Å²) in [7, 11) is 0. The molecule has 2 aromatic heterocycles. The summed E-state index contributed by atoms with van der Waals surface area (Å²) in [6.07, 6.45) is 4.11. The highest BCUT2D eigenvalue weighted by atomic mass is 16.3. The van der Waals surface area contributed by atoms with Gasteiger partial charge in [0.2, 0.25) is 0 Å². The van der Waals surface area contributed by atoms with Crippen LogP contribution in [0.4, 0.5) is 0 Å². The third-order valence-electron chi connectivity index (χ3n) is 8.62. The van der Waals surface area contributed by atoms with Crippen LogP contribution in [0, 0.1) is 17.8 Å². The van der Waals surface area contributed by atoms with Gasteiger partial charge in [0.1, 0.15) is 11.2 Å². The monoisotopic (exact) mass is 529 g/mol. The van der Waals surface area contributed by atoms with Gasteiger partial charge in [0.15, 0.2) is 0 Å². The first kappa shape index (κ1) is 26.8. The van der Waals surface area contributed by atoms with Gasteiger partial charge in [-0.05, 0) is 76.5 Å².